The van der Waals surface area contributed by atoms with E-state index in [2.05, 4.69) is 10.4 Å². The molecular formula is C23H19N3O3. The van der Waals surface area contributed by atoms with Gasteiger partial charge in [0.05, 0.1) is 23.1 Å². The molecule has 6 nitrogen and oxygen atoms in total. The largest absolute Gasteiger partial charge is 0.423 e. The minimum atomic E-state index is -0.404. The second kappa shape index (κ2) is 6.74. The number of nitrogens with one attached hydrogen (secondary N) is 1. The fourth-order valence-electron chi connectivity index (χ4n) is 3.66. The average molecular weight is 385 g/mol. The Morgan fingerprint density at radius 2 is 1.93 bits per heavy atom. The first-order valence-corrected chi connectivity index (χ1v) is 9.59. The quantitative estimate of drug-likeness (QED) is 0.528. The lowest BCUT2D eigenvalue weighted by molar-refractivity contribution is 0.102. The summed E-state index contributed by atoms with van der Waals surface area (Å²) in [6.45, 7) is 1.86. The molecule has 5 rings (SSSR count). The van der Waals surface area contributed by atoms with Gasteiger partial charge in [-0.15, -0.1) is 0 Å². The van der Waals surface area contributed by atoms with Crippen molar-refractivity contribution in [2.75, 3.05) is 5.32 Å². The van der Waals surface area contributed by atoms with Crippen molar-refractivity contribution < 1.29 is 9.21 Å². The second-order valence-corrected chi connectivity index (χ2v) is 7.38. The van der Waals surface area contributed by atoms with Crippen molar-refractivity contribution in [1.82, 2.24) is 9.78 Å². The van der Waals surface area contributed by atoms with Gasteiger partial charge < -0.3 is 9.73 Å². The molecule has 1 N–H and O–H groups in total. The Morgan fingerprint density at radius 3 is 2.69 bits per heavy atom. The van der Waals surface area contributed by atoms with Gasteiger partial charge in [-0.3, -0.25) is 4.79 Å². The minimum Gasteiger partial charge on any atom is -0.423 e. The topological polar surface area (TPSA) is 77.1 Å². The Labute approximate surface area is 166 Å². The predicted molar refractivity (Wildman–Crippen MR) is 111 cm³/mol. The summed E-state index contributed by atoms with van der Waals surface area (Å²) in [4.78, 5) is 24.7. The highest BCUT2D eigenvalue weighted by Gasteiger charge is 2.33. The number of hydrogen-bond acceptors (Lipinski definition) is 4. The zero-order valence-electron chi connectivity index (χ0n) is 15.9. The van der Waals surface area contributed by atoms with Gasteiger partial charge in [0.2, 0.25) is 0 Å². The van der Waals surface area contributed by atoms with E-state index in [1.807, 2.05) is 54.1 Å². The Balaban J connectivity index is 1.49. The maximum atomic E-state index is 13.0. The van der Waals surface area contributed by atoms with Crippen LogP contribution < -0.4 is 10.9 Å². The predicted octanol–water partition coefficient (Wildman–Crippen LogP) is 4.42. The van der Waals surface area contributed by atoms with Crippen molar-refractivity contribution in [3.8, 4) is 5.69 Å². The molecule has 0 bridgehead atoms. The third-order valence-corrected chi connectivity index (χ3v) is 5.23. The molecule has 1 aliphatic carbocycles. The van der Waals surface area contributed by atoms with Crippen LogP contribution in [0.3, 0.4) is 0 Å². The highest BCUT2D eigenvalue weighted by Crippen LogP contribution is 2.42. The van der Waals surface area contributed by atoms with Crippen LogP contribution in [0.1, 0.15) is 40.4 Å². The molecule has 0 aliphatic heterocycles. The van der Waals surface area contributed by atoms with Crippen molar-refractivity contribution >= 4 is 22.6 Å². The van der Waals surface area contributed by atoms with E-state index >= 15 is 0 Å². The fraction of sp³-hybridized carbons (Fsp3) is 0.174. The standard InChI is InChI=1S/C23H19N3O3/c1-14-11-21(27)29-20-12-16(9-10-18(14)20)25-23(28)19-13-24-26(22(19)15-7-8-15)17-5-3-2-4-6-17/h2-6,9-13,15H,7-8H2,1H3,(H,25,28). The van der Waals surface area contributed by atoms with Crippen molar-refractivity contribution in [3.63, 3.8) is 0 Å². The van der Waals surface area contributed by atoms with Crippen LogP contribution in [0.2, 0.25) is 0 Å². The molecule has 0 saturated heterocycles. The number of benzene rings is 2. The van der Waals surface area contributed by atoms with Gasteiger partial charge in [0, 0.05) is 29.1 Å². The molecule has 0 radical (unpaired) electrons. The monoisotopic (exact) mass is 385 g/mol. The van der Waals surface area contributed by atoms with Gasteiger partial charge in [-0.05, 0) is 49.6 Å². The first kappa shape index (κ1) is 17.4. The third-order valence-electron chi connectivity index (χ3n) is 5.23. The molecule has 0 atom stereocenters. The smallest absolute Gasteiger partial charge is 0.336 e. The lowest BCUT2D eigenvalue weighted by Crippen LogP contribution is -2.14. The highest BCUT2D eigenvalue weighted by atomic mass is 16.4. The van der Waals surface area contributed by atoms with Crippen LogP contribution in [0.5, 0.6) is 0 Å². The molecule has 2 heterocycles. The van der Waals surface area contributed by atoms with Crippen LogP contribution in [0.25, 0.3) is 16.7 Å². The summed E-state index contributed by atoms with van der Waals surface area (Å²) in [6, 6.07) is 16.6. The number of rotatable bonds is 4. The first-order chi connectivity index (χ1) is 14.1. The summed E-state index contributed by atoms with van der Waals surface area (Å²) in [5.74, 6) is 0.124. The van der Waals surface area contributed by atoms with E-state index in [4.69, 9.17) is 4.42 Å². The second-order valence-electron chi connectivity index (χ2n) is 7.38. The number of carbonyl (C=O) groups excluding carboxylic acids is 1. The number of hydrogen-bond donors (Lipinski definition) is 1. The van der Waals surface area contributed by atoms with Crippen LogP contribution in [0.4, 0.5) is 5.69 Å². The van der Waals surface area contributed by atoms with Gasteiger partial charge in [-0.25, -0.2) is 9.48 Å². The van der Waals surface area contributed by atoms with E-state index < -0.39 is 5.63 Å². The van der Waals surface area contributed by atoms with E-state index in [1.165, 1.54) is 6.07 Å². The SMILES string of the molecule is Cc1cc(=O)oc2cc(NC(=O)c3cnn(-c4ccccc4)c3C3CC3)ccc12. The molecule has 1 saturated carbocycles. The molecule has 6 heteroatoms. The number of para-hydroxylation sites is 1. The van der Waals surface area contributed by atoms with Crippen molar-refractivity contribution in [1.29, 1.82) is 0 Å². The molecule has 1 fully saturated rings. The maximum Gasteiger partial charge on any atom is 0.336 e. The molecule has 1 amide bonds. The van der Waals surface area contributed by atoms with Crippen LogP contribution in [0.15, 0.2) is 70.0 Å². The summed E-state index contributed by atoms with van der Waals surface area (Å²) in [7, 11) is 0. The summed E-state index contributed by atoms with van der Waals surface area (Å²) in [5.41, 5.74) is 3.92. The zero-order valence-corrected chi connectivity index (χ0v) is 15.9. The molecular weight excluding hydrogens is 366 g/mol. The van der Waals surface area contributed by atoms with Crippen molar-refractivity contribution in [2.24, 2.45) is 0 Å². The lowest BCUT2D eigenvalue weighted by Gasteiger charge is -2.10. The number of anilines is 1. The molecule has 29 heavy (non-hydrogen) atoms. The number of aromatic nitrogens is 2. The van der Waals surface area contributed by atoms with Gasteiger partial charge in [-0.1, -0.05) is 18.2 Å². The zero-order chi connectivity index (χ0) is 20.0. The molecule has 4 aromatic rings. The number of amides is 1. The normalized spacial score (nSPS) is 13.6. The van der Waals surface area contributed by atoms with Gasteiger partial charge in [0.25, 0.3) is 5.91 Å². The van der Waals surface area contributed by atoms with Crippen LogP contribution in [0, 0.1) is 6.92 Å². The summed E-state index contributed by atoms with van der Waals surface area (Å²) < 4.78 is 7.14. The van der Waals surface area contributed by atoms with Crippen molar-refractivity contribution in [2.45, 2.75) is 25.7 Å². The average Bonchev–Trinajstić information content (AvgIpc) is 3.45. The highest BCUT2D eigenvalue weighted by molar-refractivity contribution is 6.06. The lowest BCUT2D eigenvalue weighted by atomic mass is 10.1. The Morgan fingerprint density at radius 1 is 1.14 bits per heavy atom. The van der Waals surface area contributed by atoms with Gasteiger partial charge in [-0.2, -0.15) is 5.10 Å². The molecule has 144 valence electrons. The summed E-state index contributed by atoms with van der Waals surface area (Å²) in [5, 5.41) is 8.25. The van der Waals surface area contributed by atoms with E-state index in [9.17, 15) is 9.59 Å². The van der Waals surface area contributed by atoms with E-state index in [0.29, 0.717) is 22.8 Å². The minimum absolute atomic E-state index is 0.219. The Hall–Kier alpha value is -3.67. The van der Waals surface area contributed by atoms with Crippen LogP contribution >= 0.6 is 0 Å². The molecule has 2 aromatic heterocycles. The number of nitrogens with zero attached hydrogens (tertiary/aromatic N) is 2. The molecule has 1 aliphatic rings. The molecule has 0 unspecified atom stereocenters. The fourth-order valence-corrected chi connectivity index (χ4v) is 3.66. The maximum absolute atomic E-state index is 13.0. The number of carbonyl (C=O) groups is 1. The van der Waals surface area contributed by atoms with Gasteiger partial charge in [0.1, 0.15) is 5.58 Å². The molecule has 0 spiro atoms. The Kier molecular flexibility index (Phi) is 4.05. The van der Waals surface area contributed by atoms with E-state index in [1.54, 1.807) is 12.3 Å². The van der Waals surface area contributed by atoms with Gasteiger partial charge >= 0.3 is 5.63 Å². The van der Waals surface area contributed by atoms with Crippen LogP contribution in [-0.4, -0.2) is 15.7 Å². The van der Waals surface area contributed by atoms with E-state index in [-0.39, 0.29) is 5.91 Å². The number of aryl methyl sites for hydroxylation is 1. The Bertz CT molecular complexity index is 1280. The number of fused-ring (bicyclic) bond motifs is 1. The summed E-state index contributed by atoms with van der Waals surface area (Å²) in [6.07, 6.45) is 3.74. The first-order valence-electron chi connectivity index (χ1n) is 9.59. The molecule has 2 aromatic carbocycles. The van der Waals surface area contributed by atoms with Gasteiger partial charge in [0.15, 0.2) is 0 Å². The third kappa shape index (κ3) is 3.23. The van der Waals surface area contributed by atoms with E-state index in [0.717, 1.165) is 35.2 Å². The van der Waals surface area contributed by atoms with Crippen molar-refractivity contribution in [3.05, 3.63) is 88.0 Å². The summed E-state index contributed by atoms with van der Waals surface area (Å²) >= 11 is 0. The van der Waals surface area contributed by atoms with Crippen LogP contribution in [-0.2, 0) is 0 Å².